The van der Waals surface area contributed by atoms with Crippen LogP contribution >= 0.6 is 0 Å². The lowest BCUT2D eigenvalue weighted by Crippen LogP contribution is -2.40. The SMILES string of the molecule is Cc1ccc(S(=O)(=O)N2CCC[C@@H]2C(=O)O)cc1C(F)(F)F. The van der Waals surface area contributed by atoms with Crippen molar-refractivity contribution in [2.75, 3.05) is 6.54 Å². The van der Waals surface area contributed by atoms with E-state index in [2.05, 4.69) is 0 Å². The van der Waals surface area contributed by atoms with Gasteiger partial charge in [0.1, 0.15) is 6.04 Å². The predicted molar refractivity (Wildman–Crippen MR) is 70.7 cm³/mol. The highest BCUT2D eigenvalue weighted by Crippen LogP contribution is 2.34. The molecule has 0 unspecified atom stereocenters. The summed E-state index contributed by atoms with van der Waals surface area (Å²) in [6.45, 7) is 1.21. The smallest absolute Gasteiger partial charge is 0.416 e. The fourth-order valence-corrected chi connectivity index (χ4v) is 4.15. The van der Waals surface area contributed by atoms with Gasteiger partial charge in [0.25, 0.3) is 0 Å². The summed E-state index contributed by atoms with van der Waals surface area (Å²) in [6.07, 6.45) is -4.17. The molecule has 1 aliphatic heterocycles. The molecule has 5 nitrogen and oxygen atoms in total. The van der Waals surface area contributed by atoms with E-state index in [1.54, 1.807) is 0 Å². The van der Waals surface area contributed by atoms with Crippen LogP contribution in [0.2, 0.25) is 0 Å². The number of hydrogen-bond donors (Lipinski definition) is 1. The minimum Gasteiger partial charge on any atom is -0.480 e. The van der Waals surface area contributed by atoms with Crippen LogP contribution in [-0.4, -0.2) is 36.4 Å². The first-order valence-corrected chi connectivity index (χ1v) is 7.91. The van der Waals surface area contributed by atoms with Gasteiger partial charge in [-0.3, -0.25) is 4.79 Å². The average molecular weight is 337 g/mol. The van der Waals surface area contributed by atoms with Crippen LogP contribution in [0.1, 0.15) is 24.0 Å². The highest BCUT2D eigenvalue weighted by molar-refractivity contribution is 7.89. The van der Waals surface area contributed by atoms with Crippen LogP contribution in [0, 0.1) is 6.92 Å². The fourth-order valence-electron chi connectivity index (χ4n) is 2.48. The Hall–Kier alpha value is -1.61. The molecule has 0 spiro atoms. The second kappa shape index (κ2) is 5.54. The van der Waals surface area contributed by atoms with Crippen molar-refractivity contribution in [1.29, 1.82) is 0 Å². The minimum absolute atomic E-state index is 0.0193. The molecule has 1 aliphatic rings. The lowest BCUT2D eigenvalue weighted by Gasteiger charge is -2.22. The van der Waals surface area contributed by atoms with Crippen LogP contribution in [0.15, 0.2) is 23.1 Å². The molecule has 1 heterocycles. The Balaban J connectivity index is 2.49. The van der Waals surface area contributed by atoms with Crippen molar-refractivity contribution in [3.63, 3.8) is 0 Å². The third-order valence-corrected chi connectivity index (χ3v) is 5.51. The van der Waals surface area contributed by atoms with Gasteiger partial charge in [0, 0.05) is 6.54 Å². The van der Waals surface area contributed by atoms with Crippen LogP contribution in [-0.2, 0) is 21.0 Å². The van der Waals surface area contributed by atoms with Gasteiger partial charge in [-0.05, 0) is 37.5 Å². The quantitative estimate of drug-likeness (QED) is 0.918. The summed E-state index contributed by atoms with van der Waals surface area (Å²) in [7, 11) is -4.28. The number of carbonyl (C=O) groups is 1. The van der Waals surface area contributed by atoms with Crippen molar-refractivity contribution in [3.8, 4) is 0 Å². The zero-order valence-corrected chi connectivity index (χ0v) is 12.4. The van der Waals surface area contributed by atoms with Gasteiger partial charge < -0.3 is 5.11 Å². The molecule has 1 N–H and O–H groups in total. The number of sulfonamides is 1. The summed E-state index contributed by atoms with van der Waals surface area (Å²) in [5.74, 6) is -1.30. The first-order chi connectivity index (χ1) is 10.0. The Morgan fingerprint density at radius 3 is 2.55 bits per heavy atom. The van der Waals surface area contributed by atoms with Gasteiger partial charge in [0.2, 0.25) is 10.0 Å². The highest BCUT2D eigenvalue weighted by atomic mass is 32.2. The molecule has 0 bridgehead atoms. The summed E-state index contributed by atoms with van der Waals surface area (Å²) < 4.78 is 64.3. The Morgan fingerprint density at radius 2 is 2.00 bits per heavy atom. The summed E-state index contributed by atoms with van der Waals surface area (Å²) >= 11 is 0. The van der Waals surface area contributed by atoms with E-state index in [4.69, 9.17) is 5.11 Å². The molecular formula is C13H14F3NO4S. The number of hydrogen-bond acceptors (Lipinski definition) is 3. The monoisotopic (exact) mass is 337 g/mol. The Bertz CT molecular complexity index is 700. The normalized spacial score (nSPS) is 20.3. The molecule has 1 aromatic rings. The maximum atomic E-state index is 12.9. The van der Waals surface area contributed by atoms with Crippen LogP contribution < -0.4 is 0 Å². The topological polar surface area (TPSA) is 74.7 Å². The van der Waals surface area contributed by atoms with E-state index in [1.165, 1.54) is 6.92 Å². The van der Waals surface area contributed by atoms with E-state index in [0.717, 1.165) is 16.4 Å². The van der Waals surface area contributed by atoms with Gasteiger partial charge in [0.15, 0.2) is 0 Å². The lowest BCUT2D eigenvalue weighted by molar-refractivity contribution is -0.141. The molecule has 9 heteroatoms. The van der Waals surface area contributed by atoms with E-state index in [-0.39, 0.29) is 18.5 Å². The maximum Gasteiger partial charge on any atom is 0.416 e. The van der Waals surface area contributed by atoms with E-state index < -0.39 is 38.7 Å². The number of nitrogens with zero attached hydrogens (tertiary/aromatic N) is 1. The van der Waals surface area contributed by atoms with Crippen molar-refractivity contribution in [2.45, 2.75) is 36.9 Å². The number of aryl methyl sites for hydroxylation is 1. The van der Waals surface area contributed by atoms with Gasteiger partial charge in [0.05, 0.1) is 10.5 Å². The number of benzene rings is 1. The third-order valence-electron chi connectivity index (χ3n) is 3.61. The summed E-state index contributed by atoms with van der Waals surface area (Å²) in [4.78, 5) is 10.5. The van der Waals surface area contributed by atoms with Crippen molar-refractivity contribution in [2.24, 2.45) is 0 Å². The largest absolute Gasteiger partial charge is 0.480 e. The van der Waals surface area contributed by atoms with Crippen LogP contribution in [0.25, 0.3) is 0 Å². The molecule has 0 amide bonds. The molecule has 0 aromatic heterocycles. The fraction of sp³-hybridized carbons (Fsp3) is 0.462. The number of halogens is 3. The Morgan fingerprint density at radius 1 is 1.36 bits per heavy atom. The highest BCUT2D eigenvalue weighted by Gasteiger charge is 2.41. The van der Waals surface area contributed by atoms with E-state index in [1.807, 2.05) is 0 Å². The number of alkyl halides is 3. The van der Waals surface area contributed by atoms with Crippen molar-refractivity contribution in [1.82, 2.24) is 4.31 Å². The molecule has 0 saturated carbocycles. The molecule has 1 fully saturated rings. The molecule has 1 saturated heterocycles. The number of rotatable bonds is 3. The van der Waals surface area contributed by atoms with E-state index in [9.17, 15) is 26.4 Å². The predicted octanol–water partition coefficient (Wildman–Crippen LogP) is 2.25. The molecule has 1 atom stereocenters. The first kappa shape index (κ1) is 16.8. The molecule has 0 aliphatic carbocycles. The van der Waals surface area contributed by atoms with Crippen molar-refractivity contribution in [3.05, 3.63) is 29.3 Å². The lowest BCUT2D eigenvalue weighted by atomic mass is 10.1. The Labute approximate surface area is 125 Å². The second-order valence-corrected chi connectivity index (χ2v) is 6.98. The van der Waals surface area contributed by atoms with Gasteiger partial charge in [-0.2, -0.15) is 17.5 Å². The van der Waals surface area contributed by atoms with Gasteiger partial charge in [-0.1, -0.05) is 6.07 Å². The second-order valence-electron chi connectivity index (χ2n) is 5.09. The molecule has 2 rings (SSSR count). The van der Waals surface area contributed by atoms with Gasteiger partial charge in [-0.15, -0.1) is 0 Å². The minimum atomic E-state index is -4.67. The molecule has 1 aromatic carbocycles. The maximum absolute atomic E-state index is 12.9. The van der Waals surface area contributed by atoms with Crippen LogP contribution in [0.3, 0.4) is 0 Å². The molecule has 22 heavy (non-hydrogen) atoms. The zero-order chi connectivity index (χ0) is 16.7. The average Bonchev–Trinajstić information content (AvgIpc) is 2.87. The summed E-state index contributed by atoms with van der Waals surface area (Å²) in [5, 5.41) is 9.04. The van der Waals surface area contributed by atoms with Gasteiger partial charge >= 0.3 is 12.1 Å². The van der Waals surface area contributed by atoms with E-state index in [0.29, 0.717) is 12.5 Å². The number of aliphatic carboxylic acids is 1. The van der Waals surface area contributed by atoms with E-state index >= 15 is 0 Å². The van der Waals surface area contributed by atoms with Crippen molar-refractivity contribution < 1.29 is 31.5 Å². The number of carboxylic acid groups (broad SMARTS) is 1. The zero-order valence-electron chi connectivity index (χ0n) is 11.6. The van der Waals surface area contributed by atoms with Crippen LogP contribution in [0.5, 0.6) is 0 Å². The standard InChI is InChI=1S/C13H14F3NO4S/c1-8-4-5-9(7-10(8)13(14,15)16)22(20,21)17-6-2-3-11(17)12(18)19/h4-5,7,11H,2-3,6H2,1H3,(H,18,19)/t11-/m1/s1. The summed E-state index contributed by atoms with van der Waals surface area (Å²) in [5.41, 5.74) is -1.14. The molecule has 122 valence electrons. The molecule has 0 radical (unpaired) electrons. The first-order valence-electron chi connectivity index (χ1n) is 6.47. The Kier molecular flexibility index (Phi) is 4.22. The summed E-state index contributed by atoms with van der Waals surface area (Å²) in [6, 6.07) is 1.46. The van der Waals surface area contributed by atoms with Crippen LogP contribution in [0.4, 0.5) is 13.2 Å². The third kappa shape index (κ3) is 2.95. The van der Waals surface area contributed by atoms with Crippen molar-refractivity contribution >= 4 is 16.0 Å². The van der Waals surface area contributed by atoms with Gasteiger partial charge in [-0.25, -0.2) is 8.42 Å². The molecular weight excluding hydrogens is 323 g/mol. The number of carboxylic acids is 1.